The highest BCUT2D eigenvalue weighted by molar-refractivity contribution is 5.94. The van der Waals surface area contributed by atoms with E-state index in [1.807, 2.05) is 30.3 Å². The fourth-order valence-corrected chi connectivity index (χ4v) is 1.59. The van der Waals surface area contributed by atoms with Crippen LogP contribution in [0.3, 0.4) is 0 Å². The van der Waals surface area contributed by atoms with Gasteiger partial charge in [0.05, 0.1) is 12.3 Å². The summed E-state index contributed by atoms with van der Waals surface area (Å²) in [6.07, 6.45) is 1.60. The molecule has 2 aromatic rings. The summed E-state index contributed by atoms with van der Waals surface area (Å²) in [5, 5.41) is 23.8. The van der Waals surface area contributed by atoms with Gasteiger partial charge in [0.1, 0.15) is 0 Å². The minimum atomic E-state index is -1.34. The Morgan fingerprint density at radius 3 is 2.55 bits per heavy atom. The number of carbonyl (C=O) groups excluding carboxylic acids is 1. The molecule has 7 heteroatoms. The molecule has 0 spiro atoms. The number of rotatable bonds is 5. The first-order chi connectivity index (χ1) is 9.61. The van der Waals surface area contributed by atoms with Crippen molar-refractivity contribution in [1.29, 1.82) is 0 Å². The minimum absolute atomic E-state index is 0.0774. The molecule has 7 nitrogen and oxygen atoms in total. The van der Waals surface area contributed by atoms with Crippen LogP contribution in [0.4, 0.5) is 0 Å². The molecule has 1 atom stereocenters. The number of carboxylic acid groups (broad SMARTS) is 1. The molecule has 0 aliphatic rings. The number of nitrogens with one attached hydrogen (secondary N) is 1. The Morgan fingerprint density at radius 2 is 1.95 bits per heavy atom. The zero-order valence-electron chi connectivity index (χ0n) is 10.4. The molecule has 1 aromatic carbocycles. The van der Waals surface area contributed by atoms with Gasteiger partial charge >= 0.3 is 5.97 Å². The van der Waals surface area contributed by atoms with Crippen LogP contribution in [-0.2, 0) is 4.79 Å². The molecule has 0 saturated carbocycles. The van der Waals surface area contributed by atoms with E-state index in [4.69, 9.17) is 10.2 Å². The predicted octanol–water partition coefficient (Wildman–Crippen LogP) is 0.0476. The van der Waals surface area contributed by atoms with Crippen molar-refractivity contribution >= 4 is 11.9 Å². The lowest BCUT2D eigenvalue weighted by Gasteiger charge is -2.09. The smallest absolute Gasteiger partial charge is 0.328 e. The molecule has 0 aliphatic carbocycles. The van der Waals surface area contributed by atoms with Gasteiger partial charge in [0, 0.05) is 6.20 Å². The second-order valence-electron chi connectivity index (χ2n) is 4.03. The SMILES string of the molecule is O=C(N[C@H](CO)C(=O)O)c1ccn(-c2ccccc2)n1. The Bertz CT molecular complexity index is 609. The van der Waals surface area contributed by atoms with Crippen LogP contribution in [0.5, 0.6) is 0 Å². The lowest BCUT2D eigenvalue weighted by Crippen LogP contribution is -2.43. The molecule has 2 rings (SSSR count). The van der Waals surface area contributed by atoms with Crippen molar-refractivity contribution < 1.29 is 19.8 Å². The standard InChI is InChI=1S/C13H13N3O4/c17-8-11(13(19)20)14-12(18)10-6-7-16(15-10)9-4-2-1-3-5-9/h1-7,11,17H,8H2,(H,14,18)(H,19,20)/t11-/m1/s1. The fourth-order valence-electron chi connectivity index (χ4n) is 1.59. The van der Waals surface area contributed by atoms with Crippen molar-refractivity contribution in [2.45, 2.75) is 6.04 Å². The summed E-state index contributed by atoms with van der Waals surface area (Å²) >= 11 is 0. The molecule has 1 amide bonds. The number of carbonyl (C=O) groups is 2. The summed E-state index contributed by atoms with van der Waals surface area (Å²) in [4.78, 5) is 22.5. The Balaban J connectivity index is 2.13. The van der Waals surface area contributed by atoms with E-state index in [2.05, 4.69) is 10.4 Å². The molecule has 0 radical (unpaired) electrons. The largest absolute Gasteiger partial charge is 0.480 e. The molecule has 0 aliphatic heterocycles. The number of aromatic nitrogens is 2. The Kier molecular flexibility index (Phi) is 4.11. The third kappa shape index (κ3) is 3.01. The van der Waals surface area contributed by atoms with Crippen molar-refractivity contribution in [3.05, 3.63) is 48.3 Å². The first kappa shape index (κ1) is 13.8. The number of para-hydroxylation sites is 1. The van der Waals surface area contributed by atoms with Gasteiger partial charge in [-0.3, -0.25) is 4.79 Å². The topological polar surface area (TPSA) is 104 Å². The van der Waals surface area contributed by atoms with Crippen LogP contribution in [0.25, 0.3) is 5.69 Å². The quantitative estimate of drug-likeness (QED) is 0.715. The molecular formula is C13H13N3O4. The number of benzene rings is 1. The van der Waals surface area contributed by atoms with Gasteiger partial charge in [-0.1, -0.05) is 18.2 Å². The highest BCUT2D eigenvalue weighted by Gasteiger charge is 2.20. The van der Waals surface area contributed by atoms with Crippen LogP contribution in [-0.4, -0.2) is 44.5 Å². The first-order valence-corrected chi connectivity index (χ1v) is 5.87. The van der Waals surface area contributed by atoms with E-state index in [1.165, 1.54) is 10.7 Å². The van der Waals surface area contributed by atoms with Crippen molar-refractivity contribution in [2.75, 3.05) is 6.61 Å². The van der Waals surface area contributed by atoms with Crippen molar-refractivity contribution in [3.8, 4) is 5.69 Å². The maximum atomic E-state index is 11.8. The molecule has 0 fully saturated rings. The highest BCUT2D eigenvalue weighted by atomic mass is 16.4. The lowest BCUT2D eigenvalue weighted by molar-refractivity contribution is -0.140. The normalized spacial score (nSPS) is 11.8. The predicted molar refractivity (Wildman–Crippen MR) is 69.5 cm³/mol. The second kappa shape index (κ2) is 5.98. The van der Waals surface area contributed by atoms with Gasteiger partial charge in [-0.2, -0.15) is 5.10 Å². The van der Waals surface area contributed by atoms with Gasteiger partial charge in [0.25, 0.3) is 5.91 Å². The summed E-state index contributed by atoms with van der Waals surface area (Å²) in [5.41, 5.74) is 0.858. The van der Waals surface area contributed by atoms with Crippen molar-refractivity contribution in [1.82, 2.24) is 15.1 Å². The van der Waals surface area contributed by atoms with Crippen LogP contribution in [0.1, 0.15) is 10.5 Å². The Morgan fingerprint density at radius 1 is 1.25 bits per heavy atom. The molecule has 0 unspecified atom stereocenters. The van der Waals surface area contributed by atoms with E-state index >= 15 is 0 Å². The van der Waals surface area contributed by atoms with E-state index in [1.54, 1.807) is 6.20 Å². The van der Waals surface area contributed by atoms with Gasteiger partial charge in [-0.25, -0.2) is 9.48 Å². The Hall–Kier alpha value is -2.67. The molecule has 0 bridgehead atoms. The third-order valence-corrected chi connectivity index (χ3v) is 2.63. The van der Waals surface area contributed by atoms with Crippen LogP contribution < -0.4 is 5.32 Å². The van der Waals surface area contributed by atoms with Crippen molar-refractivity contribution in [3.63, 3.8) is 0 Å². The fraction of sp³-hybridized carbons (Fsp3) is 0.154. The van der Waals surface area contributed by atoms with Gasteiger partial charge < -0.3 is 15.5 Å². The van der Waals surface area contributed by atoms with Gasteiger partial charge in [0.2, 0.25) is 0 Å². The first-order valence-electron chi connectivity index (χ1n) is 5.87. The summed E-state index contributed by atoms with van der Waals surface area (Å²) in [6, 6.07) is 9.30. The van der Waals surface area contributed by atoms with Crippen LogP contribution >= 0.6 is 0 Å². The molecule has 3 N–H and O–H groups in total. The van der Waals surface area contributed by atoms with Gasteiger partial charge in [-0.05, 0) is 18.2 Å². The Labute approximate surface area is 114 Å². The van der Waals surface area contributed by atoms with E-state index < -0.39 is 24.5 Å². The summed E-state index contributed by atoms with van der Waals surface area (Å²) in [7, 11) is 0. The van der Waals surface area contributed by atoms with Gasteiger partial charge in [-0.15, -0.1) is 0 Å². The number of aliphatic hydroxyl groups excluding tert-OH is 1. The average molecular weight is 275 g/mol. The van der Waals surface area contributed by atoms with Crippen molar-refractivity contribution in [2.24, 2.45) is 0 Å². The zero-order valence-corrected chi connectivity index (χ0v) is 10.4. The molecule has 0 saturated heterocycles. The van der Waals surface area contributed by atoms with Crippen LogP contribution in [0, 0.1) is 0 Å². The third-order valence-electron chi connectivity index (χ3n) is 2.63. The maximum Gasteiger partial charge on any atom is 0.328 e. The maximum absolute atomic E-state index is 11.8. The summed E-state index contributed by atoms with van der Waals surface area (Å²) in [6.45, 7) is -0.680. The average Bonchev–Trinajstić information content (AvgIpc) is 2.95. The monoisotopic (exact) mass is 275 g/mol. The van der Waals surface area contributed by atoms with E-state index in [0.717, 1.165) is 5.69 Å². The molecule has 20 heavy (non-hydrogen) atoms. The zero-order chi connectivity index (χ0) is 14.5. The molecule has 1 heterocycles. The molecule has 1 aromatic heterocycles. The van der Waals surface area contributed by atoms with E-state index in [0.29, 0.717) is 0 Å². The van der Waals surface area contributed by atoms with Crippen LogP contribution in [0.15, 0.2) is 42.6 Å². The van der Waals surface area contributed by atoms with Gasteiger partial charge in [0.15, 0.2) is 11.7 Å². The number of amides is 1. The number of hydrogen-bond acceptors (Lipinski definition) is 4. The lowest BCUT2D eigenvalue weighted by atomic mass is 10.3. The number of nitrogens with zero attached hydrogens (tertiary/aromatic N) is 2. The molecule has 104 valence electrons. The van der Waals surface area contributed by atoms with Crippen LogP contribution in [0.2, 0.25) is 0 Å². The highest BCUT2D eigenvalue weighted by Crippen LogP contribution is 2.06. The number of aliphatic carboxylic acids is 1. The summed E-state index contributed by atoms with van der Waals surface area (Å²) in [5.74, 6) is -1.95. The number of aliphatic hydroxyl groups is 1. The van der Waals surface area contributed by atoms with E-state index in [-0.39, 0.29) is 5.69 Å². The van der Waals surface area contributed by atoms with E-state index in [9.17, 15) is 9.59 Å². The number of carboxylic acids is 1. The summed E-state index contributed by atoms with van der Waals surface area (Å²) < 4.78 is 1.50. The second-order valence-corrected chi connectivity index (χ2v) is 4.03. The molecular weight excluding hydrogens is 262 g/mol. The minimum Gasteiger partial charge on any atom is -0.480 e. The number of hydrogen-bond donors (Lipinski definition) is 3.